The number of methoxy groups -OCH3 is 1. The summed E-state index contributed by atoms with van der Waals surface area (Å²) in [6.07, 6.45) is 5.98. The molecule has 7 heteroatoms. The molecule has 1 N–H and O–H groups in total. The van der Waals surface area contributed by atoms with Gasteiger partial charge >= 0.3 is 0 Å². The van der Waals surface area contributed by atoms with Crippen LogP contribution in [0.3, 0.4) is 0 Å². The Morgan fingerprint density at radius 2 is 2.00 bits per heavy atom. The third-order valence-corrected chi connectivity index (χ3v) is 4.79. The molecular weight excluding hydrogens is 344 g/mol. The predicted molar refractivity (Wildman–Crippen MR) is 103 cm³/mol. The Bertz CT molecular complexity index is 675. The van der Waals surface area contributed by atoms with Crippen molar-refractivity contribution in [2.75, 3.05) is 20.7 Å². The second kappa shape index (κ2) is 11.5. The van der Waals surface area contributed by atoms with Crippen molar-refractivity contribution in [3.05, 3.63) is 47.5 Å². The number of nitrogens with zero attached hydrogens (tertiary/aromatic N) is 4. The molecule has 0 amide bonds. The third-order valence-electron chi connectivity index (χ3n) is 4.79. The molecule has 1 aromatic carbocycles. The zero-order valence-electron chi connectivity index (χ0n) is 16.3. The van der Waals surface area contributed by atoms with Gasteiger partial charge in [-0.25, -0.2) is 9.67 Å². The number of hydrogen-bond donors (Lipinski definition) is 1. The van der Waals surface area contributed by atoms with Crippen LogP contribution in [0.15, 0.2) is 30.3 Å². The summed E-state index contributed by atoms with van der Waals surface area (Å²) >= 11 is 0. The summed E-state index contributed by atoms with van der Waals surface area (Å²) in [5.74, 6) is 1.89. The first-order valence-corrected chi connectivity index (χ1v) is 9.44. The average Bonchev–Trinajstić information content (AvgIpc) is 2.94. The number of aryl methyl sites for hydroxylation is 2. The van der Waals surface area contributed by atoms with E-state index in [0.29, 0.717) is 12.6 Å². The number of aromatic nitrogens is 3. The Morgan fingerprint density at radius 1 is 1.26 bits per heavy atom. The summed E-state index contributed by atoms with van der Waals surface area (Å²) in [6.45, 7) is 2.22. The van der Waals surface area contributed by atoms with Crippen LogP contribution in [0, 0.1) is 0 Å². The van der Waals surface area contributed by atoms with Crippen LogP contribution in [0.1, 0.15) is 48.9 Å². The Morgan fingerprint density at radius 3 is 2.70 bits per heavy atom. The number of likely N-dealkylation sites (tertiary alicyclic amines) is 1. The zero-order chi connectivity index (χ0) is 19.5. The van der Waals surface area contributed by atoms with Gasteiger partial charge in [0, 0.05) is 13.7 Å². The monoisotopic (exact) mass is 374 g/mol. The van der Waals surface area contributed by atoms with E-state index in [1.165, 1.54) is 24.8 Å². The quantitative estimate of drug-likeness (QED) is 0.783. The van der Waals surface area contributed by atoms with E-state index < -0.39 is 0 Å². The van der Waals surface area contributed by atoms with Crippen molar-refractivity contribution in [2.45, 2.75) is 51.3 Å². The maximum absolute atomic E-state index is 8.36. The molecule has 0 bridgehead atoms. The lowest BCUT2D eigenvalue weighted by Gasteiger charge is -2.25. The van der Waals surface area contributed by atoms with Gasteiger partial charge in [0.2, 0.25) is 0 Å². The fourth-order valence-electron chi connectivity index (χ4n) is 3.46. The second-order valence-corrected chi connectivity index (χ2v) is 6.73. The van der Waals surface area contributed by atoms with Crippen LogP contribution in [0.4, 0.5) is 0 Å². The molecule has 148 valence electrons. The summed E-state index contributed by atoms with van der Waals surface area (Å²) in [4.78, 5) is 15.6. The number of benzene rings is 1. The molecule has 7 nitrogen and oxygen atoms in total. The predicted octanol–water partition coefficient (Wildman–Crippen LogP) is 2.91. The first-order chi connectivity index (χ1) is 13.2. The van der Waals surface area contributed by atoms with Crippen LogP contribution in [-0.4, -0.2) is 51.9 Å². The van der Waals surface area contributed by atoms with Gasteiger partial charge in [-0.2, -0.15) is 5.10 Å². The molecule has 2 aromatic rings. The molecule has 1 aliphatic rings. The molecule has 2 heterocycles. The van der Waals surface area contributed by atoms with Gasteiger partial charge < -0.3 is 9.84 Å². The molecule has 1 aromatic heterocycles. The summed E-state index contributed by atoms with van der Waals surface area (Å²) in [6, 6.07) is 10.9. The lowest BCUT2D eigenvalue weighted by atomic mass is 10.1. The fraction of sp³-hybridized carbons (Fsp3) is 0.550. The zero-order valence-corrected chi connectivity index (χ0v) is 16.3. The minimum atomic E-state index is -0.250. The number of carboxylic acid groups (broad SMARTS) is 1. The molecule has 0 spiro atoms. The lowest BCUT2D eigenvalue weighted by Crippen LogP contribution is -2.27. The molecule has 27 heavy (non-hydrogen) atoms. The number of hydrogen-bond acceptors (Lipinski definition) is 5. The van der Waals surface area contributed by atoms with E-state index in [1.807, 2.05) is 0 Å². The third kappa shape index (κ3) is 6.45. The van der Waals surface area contributed by atoms with Crippen molar-refractivity contribution >= 4 is 6.47 Å². The van der Waals surface area contributed by atoms with Gasteiger partial charge in [-0.05, 0) is 38.4 Å². The summed E-state index contributed by atoms with van der Waals surface area (Å²) in [7, 11) is 3.91. The highest BCUT2D eigenvalue weighted by atomic mass is 16.5. The van der Waals surface area contributed by atoms with Crippen LogP contribution in [0.5, 0.6) is 0 Å². The Kier molecular flexibility index (Phi) is 8.94. The average molecular weight is 374 g/mol. The van der Waals surface area contributed by atoms with Crippen molar-refractivity contribution in [2.24, 2.45) is 0 Å². The first kappa shape index (κ1) is 21.1. The Labute approximate surface area is 161 Å². The van der Waals surface area contributed by atoms with Crippen molar-refractivity contribution in [1.82, 2.24) is 19.7 Å². The van der Waals surface area contributed by atoms with Crippen LogP contribution < -0.4 is 0 Å². The molecule has 1 atom stereocenters. The van der Waals surface area contributed by atoms with Gasteiger partial charge in [0.1, 0.15) is 12.4 Å². The van der Waals surface area contributed by atoms with Gasteiger partial charge in [0.05, 0.1) is 6.04 Å². The molecule has 1 fully saturated rings. The highest BCUT2D eigenvalue weighted by Crippen LogP contribution is 2.28. The van der Waals surface area contributed by atoms with Crippen LogP contribution >= 0.6 is 0 Å². The van der Waals surface area contributed by atoms with Gasteiger partial charge in [0.15, 0.2) is 5.82 Å². The smallest absolute Gasteiger partial charge is 0.290 e. The van der Waals surface area contributed by atoms with E-state index in [0.717, 1.165) is 37.6 Å². The standard InChI is InChI=1S/C19H28N4O.CH2O2/c1-22-13-8-4-7-11-17(22)19-20-18(15-24-2)21-23(19)14-12-16-9-5-3-6-10-16;2-1-3/h3,5-6,9-10,17H,4,7-8,11-15H2,1-2H3;1H,(H,2,3). The van der Waals surface area contributed by atoms with E-state index in [-0.39, 0.29) is 6.47 Å². The molecule has 1 unspecified atom stereocenters. The van der Waals surface area contributed by atoms with E-state index in [4.69, 9.17) is 24.7 Å². The number of ether oxygens (including phenoxy) is 1. The van der Waals surface area contributed by atoms with E-state index in [9.17, 15) is 0 Å². The number of rotatable bonds is 6. The normalized spacial score (nSPS) is 17.6. The Balaban J connectivity index is 0.000000817. The van der Waals surface area contributed by atoms with Crippen molar-refractivity contribution in [3.63, 3.8) is 0 Å². The highest BCUT2D eigenvalue weighted by Gasteiger charge is 2.25. The van der Waals surface area contributed by atoms with E-state index in [2.05, 4.69) is 47.0 Å². The van der Waals surface area contributed by atoms with Crippen molar-refractivity contribution < 1.29 is 14.6 Å². The molecule has 1 aliphatic heterocycles. The minimum Gasteiger partial charge on any atom is -0.483 e. The lowest BCUT2D eigenvalue weighted by molar-refractivity contribution is -0.122. The molecular formula is C20H30N4O3. The second-order valence-electron chi connectivity index (χ2n) is 6.73. The largest absolute Gasteiger partial charge is 0.483 e. The van der Waals surface area contributed by atoms with Crippen molar-refractivity contribution in [1.29, 1.82) is 0 Å². The van der Waals surface area contributed by atoms with Crippen LogP contribution in [0.25, 0.3) is 0 Å². The van der Waals surface area contributed by atoms with Crippen LogP contribution in [0.2, 0.25) is 0 Å². The molecule has 1 saturated heterocycles. The molecule has 0 radical (unpaired) electrons. The summed E-state index contributed by atoms with van der Waals surface area (Å²) in [5.41, 5.74) is 1.33. The van der Waals surface area contributed by atoms with Gasteiger partial charge in [-0.1, -0.05) is 43.2 Å². The SMILES string of the molecule is COCc1nc(C2CCCCCN2C)n(CCc2ccccc2)n1.O=CO. The molecule has 0 aliphatic carbocycles. The molecule has 3 rings (SSSR count). The van der Waals surface area contributed by atoms with Gasteiger partial charge in [-0.15, -0.1) is 0 Å². The number of carbonyl (C=O) groups is 1. The fourth-order valence-corrected chi connectivity index (χ4v) is 3.46. The first-order valence-electron chi connectivity index (χ1n) is 9.44. The Hall–Kier alpha value is -2.25. The van der Waals surface area contributed by atoms with E-state index in [1.54, 1.807) is 7.11 Å². The van der Waals surface area contributed by atoms with E-state index >= 15 is 0 Å². The molecule has 0 saturated carbocycles. The highest BCUT2D eigenvalue weighted by molar-refractivity contribution is 5.32. The minimum absolute atomic E-state index is 0.250. The maximum atomic E-state index is 8.36. The topological polar surface area (TPSA) is 80.5 Å². The van der Waals surface area contributed by atoms with Crippen molar-refractivity contribution in [3.8, 4) is 0 Å². The van der Waals surface area contributed by atoms with Crippen LogP contribution in [-0.2, 0) is 29.1 Å². The van der Waals surface area contributed by atoms with Gasteiger partial charge in [-0.3, -0.25) is 9.69 Å². The maximum Gasteiger partial charge on any atom is 0.290 e. The van der Waals surface area contributed by atoms with Gasteiger partial charge in [0.25, 0.3) is 6.47 Å². The summed E-state index contributed by atoms with van der Waals surface area (Å²) < 4.78 is 7.35. The summed E-state index contributed by atoms with van der Waals surface area (Å²) in [5, 5.41) is 11.6.